The molecule has 0 saturated carbocycles. The summed E-state index contributed by atoms with van der Waals surface area (Å²) in [4.78, 5) is 9.63. The summed E-state index contributed by atoms with van der Waals surface area (Å²) in [6, 6.07) is 6.11. The van der Waals surface area contributed by atoms with Crippen LogP contribution in [0.25, 0.3) is 0 Å². The number of aliphatic hydroxyl groups is 2. The van der Waals surface area contributed by atoms with Crippen molar-refractivity contribution in [1.29, 1.82) is 0 Å². The third-order valence-electron chi connectivity index (χ3n) is 1.88. The second-order valence-corrected chi connectivity index (χ2v) is 3.36. The zero-order valence-electron chi connectivity index (χ0n) is 8.74. The van der Waals surface area contributed by atoms with Gasteiger partial charge in [0.15, 0.2) is 0 Å². The first-order valence-electron chi connectivity index (χ1n) is 4.73. The van der Waals surface area contributed by atoms with Crippen LogP contribution in [-0.2, 0) is 0 Å². The van der Waals surface area contributed by atoms with E-state index in [1.807, 2.05) is 0 Å². The first kappa shape index (κ1) is 12.4. The van der Waals surface area contributed by atoms with Gasteiger partial charge in [0, 0.05) is 0 Å². The molecule has 0 aliphatic heterocycles. The summed E-state index contributed by atoms with van der Waals surface area (Å²) >= 11 is 0. The van der Waals surface area contributed by atoms with Crippen molar-refractivity contribution < 1.29 is 19.9 Å². The van der Waals surface area contributed by atoms with Gasteiger partial charge in [0.05, 0.1) is 16.6 Å². The number of benzene rings is 1. The Morgan fingerprint density at radius 1 is 1.44 bits per heavy atom. The van der Waals surface area contributed by atoms with E-state index in [1.165, 1.54) is 19.1 Å². The van der Waals surface area contributed by atoms with Crippen molar-refractivity contribution in [2.45, 2.75) is 19.3 Å². The van der Waals surface area contributed by atoms with Crippen LogP contribution in [0.4, 0.5) is 0 Å². The number of rotatable bonds is 5. The predicted octanol–water partition coefficient (Wildman–Crippen LogP) is 0.714. The number of aliphatic hydroxyl groups excluding tert-OH is 2. The van der Waals surface area contributed by atoms with Crippen molar-refractivity contribution in [1.82, 2.24) is 0 Å². The number of hydrogen-bond acceptors (Lipinski definition) is 5. The van der Waals surface area contributed by atoms with Gasteiger partial charge in [-0.1, -0.05) is 12.1 Å². The maximum atomic E-state index is 10.4. The lowest BCUT2D eigenvalue weighted by Crippen LogP contribution is -2.16. The number of nitro groups is 1. The summed E-state index contributed by atoms with van der Waals surface area (Å²) in [5.41, 5.74) is 0.0770. The fourth-order valence-electron chi connectivity index (χ4n) is 1.15. The van der Waals surface area contributed by atoms with Gasteiger partial charge in [0.1, 0.15) is 12.4 Å². The van der Waals surface area contributed by atoms with Crippen LogP contribution in [0.5, 0.6) is 5.75 Å². The standard InChI is InChI=1S/C10H13NO5/c1-7(12)6-16-9-5-3-2-4-8(9)10(13)11(14)15/h2-5,7,10,12-13H,6H2,1H3. The smallest absolute Gasteiger partial charge is 0.343 e. The topological polar surface area (TPSA) is 92.8 Å². The summed E-state index contributed by atoms with van der Waals surface area (Å²) in [6.07, 6.45) is -2.49. The van der Waals surface area contributed by atoms with Gasteiger partial charge in [0.2, 0.25) is 0 Å². The summed E-state index contributed by atoms with van der Waals surface area (Å²) in [5, 5.41) is 28.8. The lowest BCUT2D eigenvalue weighted by atomic mass is 10.2. The third-order valence-corrected chi connectivity index (χ3v) is 1.88. The summed E-state index contributed by atoms with van der Waals surface area (Å²) in [5.74, 6) is 0.201. The molecule has 1 aromatic rings. The maximum absolute atomic E-state index is 10.4. The van der Waals surface area contributed by atoms with Gasteiger partial charge in [-0.05, 0) is 19.1 Å². The monoisotopic (exact) mass is 227 g/mol. The van der Waals surface area contributed by atoms with Crippen LogP contribution in [-0.4, -0.2) is 27.8 Å². The van der Waals surface area contributed by atoms with E-state index < -0.39 is 17.3 Å². The fourth-order valence-corrected chi connectivity index (χ4v) is 1.15. The average Bonchev–Trinajstić information content (AvgIpc) is 2.25. The van der Waals surface area contributed by atoms with Crippen molar-refractivity contribution in [2.75, 3.05) is 6.61 Å². The Balaban J connectivity index is 2.87. The molecule has 0 amide bonds. The number of nitrogens with zero attached hydrogens (tertiary/aromatic N) is 1. The Bertz CT molecular complexity index is 366. The van der Waals surface area contributed by atoms with E-state index in [4.69, 9.17) is 9.84 Å². The molecule has 0 bridgehead atoms. The van der Waals surface area contributed by atoms with Crippen molar-refractivity contribution in [3.05, 3.63) is 39.9 Å². The summed E-state index contributed by atoms with van der Waals surface area (Å²) in [6.45, 7) is 1.55. The molecule has 0 heterocycles. The molecule has 1 aromatic carbocycles. The van der Waals surface area contributed by atoms with Gasteiger partial charge in [-0.25, -0.2) is 0 Å². The molecule has 16 heavy (non-hydrogen) atoms. The normalized spacial score (nSPS) is 14.2. The first-order chi connectivity index (χ1) is 7.52. The minimum Gasteiger partial charge on any atom is -0.490 e. The molecule has 88 valence electrons. The average molecular weight is 227 g/mol. The highest BCUT2D eigenvalue weighted by Gasteiger charge is 2.22. The quantitative estimate of drug-likeness (QED) is 0.439. The third kappa shape index (κ3) is 3.18. The summed E-state index contributed by atoms with van der Waals surface area (Å²) in [7, 11) is 0. The Morgan fingerprint density at radius 2 is 2.06 bits per heavy atom. The van der Waals surface area contributed by atoms with E-state index in [2.05, 4.69) is 0 Å². The first-order valence-corrected chi connectivity index (χ1v) is 4.73. The minimum atomic E-state index is -1.81. The van der Waals surface area contributed by atoms with Gasteiger partial charge in [-0.15, -0.1) is 0 Å². The van der Waals surface area contributed by atoms with Crippen molar-refractivity contribution >= 4 is 0 Å². The lowest BCUT2D eigenvalue weighted by Gasteiger charge is -2.12. The maximum Gasteiger partial charge on any atom is 0.343 e. The molecular formula is C10H13NO5. The minimum absolute atomic E-state index is 0.0153. The second-order valence-electron chi connectivity index (χ2n) is 3.36. The molecule has 6 nitrogen and oxygen atoms in total. The molecule has 0 aliphatic carbocycles. The Kier molecular flexibility index (Phi) is 4.21. The van der Waals surface area contributed by atoms with Crippen LogP contribution in [0, 0.1) is 10.1 Å². The van der Waals surface area contributed by atoms with Crippen molar-refractivity contribution in [2.24, 2.45) is 0 Å². The van der Waals surface area contributed by atoms with E-state index in [-0.39, 0.29) is 17.9 Å². The van der Waals surface area contributed by atoms with Crippen LogP contribution in [0.3, 0.4) is 0 Å². The molecule has 6 heteroatoms. The van der Waals surface area contributed by atoms with Gasteiger partial charge in [-0.3, -0.25) is 10.1 Å². The molecule has 0 aromatic heterocycles. The Labute approximate surface area is 92.2 Å². The zero-order valence-corrected chi connectivity index (χ0v) is 8.74. The number of para-hydroxylation sites is 1. The van der Waals surface area contributed by atoms with Crippen LogP contribution >= 0.6 is 0 Å². The predicted molar refractivity (Wildman–Crippen MR) is 55.6 cm³/mol. The van der Waals surface area contributed by atoms with E-state index in [9.17, 15) is 15.2 Å². The van der Waals surface area contributed by atoms with E-state index in [0.29, 0.717) is 0 Å². The second kappa shape index (κ2) is 5.43. The summed E-state index contributed by atoms with van der Waals surface area (Å²) < 4.78 is 5.16. The van der Waals surface area contributed by atoms with Crippen LogP contribution in [0.15, 0.2) is 24.3 Å². The van der Waals surface area contributed by atoms with Gasteiger partial charge in [-0.2, -0.15) is 0 Å². The molecule has 0 aliphatic rings. The van der Waals surface area contributed by atoms with Crippen molar-refractivity contribution in [3.8, 4) is 5.75 Å². The largest absolute Gasteiger partial charge is 0.490 e. The lowest BCUT2D eigenvalue weighted by molar-refractivity contribution is -0.578. The number of ether oxygens (including phenoxy) is 1. The molecular weight excluding hydrogens is 214 g/mol. The fraction of sp³-hybridized carbons (Fsp3) is 0.400. The number of hydrogen-bond donors (Lipinski definition) is 2. The van der Waals surface area contributed by atoms with E-state index >= 15 is 0 Å². The van der Waals surface area contributed by atoms with Gasteiger partial charge < -0.3 is 14.9 Å². The molecule has 2 atom stereocenters. The molecule has 2 N–H and O–H groups in total. The van der Waals surface area contributed by atoms with E-state index in [1.54, 1.807) is 12.1 Å². The van der Waals surface area contributed by atoms with Crippen molar-refractivity contribution in [3.63, 3.8) is 0 Å². The van der Waals surface area contributed by atoms with Gasteiger partial charge >= 0.3 is 6.23 Å². The molecule has 0 fully saturated rings. The molecule has 2 unspecified atom stereocenters. The highest BCUT2D eigenvalue weighted by Crippen LogP contribution is 2.25. The van der Waals surface area contributed by atoms with Crippen LogP contribution in [0.2, 0.25) is 0 Å². The van der Waals surface area contributed by atoms with Crippen LogP contribution < -0.4 is 4.74 Å². The Hall–Kier alpha value is -1.66. The molecule has 0 saturated heterocycles. The highest BCUT2D eigenvalue weighted by atomic mass is 16.7. The molecule has 1 rings (SSSR count). The Morgan fingerprint density at radius 3 is 2.62 bits per heavy atom. The SMILES string of the molecule is CC(O)COc1ccccc1C(O)[N+](=O)[O-]. The highest BCUT2D eigenvalue weighted by molar-refractivity contribution is 5.34. The molecule has 0 spiro atoms. The van der Waals surface area contributed by atoms with Crippen LogP contribution in [0.1, 0.15) is 18.7 Å². The zero-order chi connectivity index (χ0) is 12.1. The molecule has 0 radical (unpaired) electrons. The van der Waals surface area contributed by atoms with Gasteiger partial charge in [0.25, 0.3) is 0 Å². The van der Waals surface area contributed by atoms with E-state index in [0.717, 1.165) is 0 Å².